The zero-order valence-electron chi connectivity index (χ0n) is 13.0. The summed E-state index contributed by atoms with van der Waals surface area (Å²) in [5.74, 6) is -0.559. The van der Waals surface area contributed by atoms with Crippen LogP contribution in [0.3, 0.4) is 0 Å². The van der Waals surface area contributed by atoms with Crippen LogP contribution in [0.5, 0.6) is 0 Å². The molecular formula is C18H19N3O2. The lowest BCUT2D eigenvalue weighted by atomic mass is 10.1. The number of hydrogen-bond acceptors (Lipinski definition) is 3. The Hall–Kier alpha value is -2.95. The highest BCUT2D eigenvalue weighted by Gasteiger charge is 2.06. The van der Waals surface area contributed by atoms with Gasteiger partial charge in [0.25, 0.3) is 5.91 Å². The van der Waals surface area contributed by atoms with Crippen LogP contribution in [0, 0.1) is 0 Å². The number of carbonyl (C=O) groups excluding carboxylic acids is 2. The summed E-state index contributed by atoms with van der Waals surface area (Å²) < 4.78 is 0. The second kappa shape index (κ2) is 8.48. The molecule has 0 unspecified atom stereocenters. The third kappa shape index (κ3) is 5.74. The van der Waals surface area contributed by atoms with Gasteiger partial charge in [0, 0.05) is 0 Å². The van der Waals surface area contributed by atoms with E-state index in [0.29, 0.717) is 5.71 Å². The van der Waals surface area contributed by atoms with Crippen molar-refractivity contribution in [1.29, 1.82) is 0 Å². The molecule has 2 aromatic carbocycles. The van der Waals surface area contributed by atoms with E-state index >= 15 is 0 Å². The smallest absolute Gasteiger partial charge is 0.259 e. The first kappa shape index (κ1) is 16.4. The summed E-state index contributed by atoms with van der Waals surface area (Å²) in [4.78, 5) is 23.5. The van der Waals surface area contributed by atoms with Crippen LogP contribution in [0.25, 0.3) is 0 Å². The first-order valence-electron chi connectivity index (χ1n) is 7.34. The van der Waals surface area contributed by atoms with Gasteiger partial charge in [0.1, 0.15) is 0 Å². The minimum absolute atomic E-state index is 0.1000. The predicted octanol–water partition coefficient (Wildman–Crippen LogP) is 1.89. The van der Waals surface area contributed by atoms with Crippen LogP contribution in [-0.2, 0) is 16.0 Å². The van der Waals surface area contributed by atoms with Gasteiger partial charge >= 0.3 is 0 Å². The van der Waals surface area contributed by atoms with Crippen LogP contribution in [0.1, 0.15) is 18.1 Å². The highest BCUT2D eigenvalue weighted by molar-refractivity contribution is 5.99. The normalized spacial score (nSPS) is 10.9. The van der Waals surface area contributed by atoms with Gasteiger partial charge in [-0.15, -0.1) is 0 Å². The third-order valence-electron chi connectivity index (χ3n) is 3.19. The number of benzene rings is 2. The third-order valence-corrected chi connectivity index (χ3v) is 3.19. The van der Waals surface area contributed by atoms with Crippen molar-refractivity contribution in [3.05, 3.63) is 71.8 Å². The molecule has 0 fully saturated rings. The number of carbonyl (C=O) groups is 2. The predicted molar refractivity (Wildman–Crippen MR) is 90.0 cm³/mol. The van der Waals surface area contributed by atoms with Crippen molar-refractivity contribution in [1.82, 2.24) is 10.7 Å². The van der Waals surface area contributed by atoms with Crippen LogP contribution >= 0.6 is 0 Å². The molecule has 23 heavy (non-hydrogen) atoms. The summed E-state index contributed by atoms with van der Waals surface area (Å²) in [5.41, 5.74) is 4.98. The zero-order valence-corrected chi connectivity index (χ0v) is 13.0. The molecule has 0 aliphatic carbocycles. The fraction of sp³-hybridized carbons (Fsp3) is 0.167. The lowest BCUT2D eigenvalue weighted by Crippen LogP contribution is -2.36. The van der Waals surface area contributed by atoms with Crippen molar-refractivity contribution >= 4 is 17.5 Å². The van der Waals surface area contributed by atoms with Gasteiger partial charge in [-0.2, -0.15) is 5.10 Å². The van der Waals surface area contributed by atoms with Crippen molar-refractivity contribution in [3.63, 3.8) is 0 Å². The van der Waals surface area contributed by atoms with Crippen molar-refractivity contribution in [2.24, 2.45) is 5.10 Å². The molecule has 5 heteroatoms. The Morgan fingerprint density at radius 3 is 2.17 bits per heavy atom. The van der Waals surface area contributed by atoms with Crippen LogP contribution in [-0.4, -0.2) is 24.1 Å². The number of hydrogen-bond donors (Lipinski definition) is 2. The van der Waals surface area contributed by atoms with Crippen LogP contribution in [0.15, 0.2) is 65.8 Å². The van der Waals surface area contributed by atoms with E-state index in [1.807, 2.05) is 67.6 Å². The van der Waals surface area contributed by atoms with E-state index in [1.54, 1.807) is 0 Å². The Labute approximate surface area is 135 Å². The summed E-state index contributed by atoms with van der Waals surface area (Å²) in [5, 5.41) is 6.60. The van der Waals surface area contributed by atoms with Gasteiger partial charge in [-0.3, -0.25) is 9.59 Å². The maximum atomic E-state index is 11.7. The van der Waals surface area contributed by atoms with E-state index in [9.17, 15) is 9.59 Å². The maximum Gasteiger partial charge on any atom is 0.259 e. The van der Waals surface area contributed by atoms with Gasteiger partial charge in [0.2, 0.25) is 5.91 Å². The largest absolute Gasteiger partial charge is 0.347 e. The molecule has 0 heterocycles. The average molecular weight is 309 g/mol. The summed E-state index contributed by atoms with van der Waals surface area (Å²) in [6.45, 7) is 1.71. The molecule has 2 amide bonds. The number of hydrazone groups is 1. The molecule has 0 aliphatic rings. The standard InChI is InChI=1S/C18H19N3O2/c1-14(16-10-6-3-7-11-16)20-21-18(23)13-19-17(22)12-15-8-4-2-5-9-15/h2-11H,12-13H2,1H3,(H,19,22)(H,21,23)/b20-14+. The highest BCUT2D eigenvalue weighted by Crippen LogP contribution is 2.00. The molecule has 5 nitrogen and oxygen atoms in total. The lowest BCUT2D eigenvalue weighted by molar-refractivity contribution is -0.125. The molecule has 2 rings (SSSR count). The minimum atomic E-state index is -0.360. The first-order chi connectivity index (χ1) is 11.1. The Morgan fingerprint density at radius 1 is 0.913 bits per heavy atom. The quantitative estimate of drug-likeness (QED) is 0.632. The van der Waals surface area contributed by atoms with Gasteiger partial charge in [-0.25, -0.2) is 5.43 Å². The second-order valence-corrected chi connectivity index (χ2v) is 5.04. The molecule has 0 radical (unpaired) electrons. The van der Waals surface area contributed by atoms with E-state index in [2.05, 4.69) is 15.8 Å². The minimum Gasteiger partial charge on any atom is -0.347 e. The Morgan fingerprint density at radius 2 is 1.52 bits per heavy atom. The van der Waals surface area contributed by atoms with Crippen molar-refractivity contribution in [2.75, 3.05) is 6.54 Å². The summed E-state index contributed by atoms with van der Waals surface area (Å²) in [6.07, 6.45) is 0.250. The van der Waals surface area contributed by atoms with Crippen LogP contribution in [0.2, 0.25) is 0 Å². The van der Waals surface area contributed by atoms with Gasteiger partial charge in [-0.05, 0) is 18.1 Å². The highest BCUT2D eigenvalue weighted by atomic mass is 16.2. The molecule has 0 bridgehead atoms. The number of rotatable bonds is 6. The molecule has 0 aliphatic heterocycles. The number of nitrogens with zero attached hydrogens (tertiary/aromatic N) is 1. The molecule has 0 saturated heterocycles. The Kier molecular flexibility index (Phi) is 6.06. The van der Waals surface area contributed by atoms with Crippen LogP contribution < -0.4 is 10.7 Å². The fourth-order valence-electron chi connectivity index (χ4n) is 1.95. The van der Waals surface area contributed by atoms with E-state index in [0.717, 1.165) is 11.1 Å². The van der Waals surface area contributed by atoms with Gasteiger partial charge in [0.15, 0.2) is 0 Å². The first-order valence-corrected chi connectivity index (χ1v) is 7.34. The molecule has 0 spiro atoms. The Balaban J connectivity index is 1.76. The van der Waals surface area contributed by atoms with E-state index in [-0.39, 0.29) is 24.8 Å². The molecule has 118 valence electrons. The van der Waals surface area contributed by atoms with Crippen molar-refractivity contribution in [2.45, 2.75) is 13.3 Å². The SMILES string of the molecule is C/C(=N\NC(=O)CNC(=O)Cc1ccccc1)c1ccccc1. The summed E-state index contributed by atoms with van der Waals surface area (Å²) >= 11 is 0. The summed E-state index contributed by atoms with van der Waals surface area (Å²) in [7, 11) is 0. The maximum absolute atomic E-state index is 11.7. The lowest BCUT2D eigenvalue weighted by Gasteiger charge is -2.05. The fourth-order valence-corrected chi connectivity index (χ4v) is 1.95. The summed E-state index contributed by atoms with van der Waals surface area (Å²) in [6, 6.07) is 18.9. The van der Waals surface area contributed by atoms with Gasteiger partial charge < -0.3 is 5.32 Å². The van der Waals surface area contributed by atoms with E-state index in [1.165, 1.54) is 0 Å². The Bertz CT molecular complexity index is 682. The van der Waals surface area contributed by atoms with Gasteiger partial charge in [-0.1, -0.05) is 60.7 Å². The van der Waals surface area contributed by atoms with E-state index in [4.69, 9.17) is 0 Å². The molecule has 2 N–H and O–H groups in total. The monoisotopic (exact) mass is 309 g/mol. The van der Waals surface area contributed by atoms with E-state index < -0.39 is 0 Å². The van der Waals surface area contributed by atoms with Crippen molar-refractivity contribution < 1.29 is 9.59 Å². The second-order valence-electron chi connectivity index (χ2n) is 5.04. The molecule has 0 aromatic heterocycles. The molecule has 0 atom stereocenters. The number of amides is 2. The number of nitrogens with one attached hydrogen (secondary N) is 2. The average Bonchev–Trinajstić information content (AvgIpc) is 2.59. The molecule has 0 saturated carbocycles. The molecule has 2 aromatic rings. The van der Waals surface area contributed by atoms with Gasteiger partial charge in [0.05, 0.1) is 18.7 Å². The molecular weight excluding hydrogens is 290 g/mol. The van der Waals surface area contributed by atoms with Crippen molar-refractivity contribution in [3.8, 4) is 0 Å². The van der Waals surface area contributed by atoms with Crippen LogP contribution in [0.4, 0.5) is 0 Å². The topological polar surface area (TPSA) is 70.6 Å². The zero-order chi connectivity index (χ0) is 16.5.